The summed E-state index contributed by atoms with van der Waals surface area (Å²) in [7, 11) is 1.74. The number of rotatable bonds is 7. The number of piperazine rings is 1. The number of hydrogen-bond donors (Lipinski definition) is 1. The van der Waals surface area contributed by atoms with Crippen molar-refractivity contribution in [2.45, 2.75) is 62.3 Å². The molecule has 3 aromatic carbocycles. The molecule has 2 unspecified atom stereocenters. The Balaban J connectivity index is 1.26. The maximum atomic E-state index is 17.7. The lowest BCUT2D eigenvalue weighted by Crippen LogP contribution is -2.54. The van der Waals surface area contributed by atoms with Gasteiger partial charge >= 0.3 is 6.01 Å². The van der Waals surface area contributed by atoms with E-state index in [0.29, 0.717) is 61.0 Å². The zero-order valence-electron chi connectivity index (χ0n) is 28.7. The normalized spacial score (nSPS) is 24.6. The lowest BCUT2D eigenvalue weighted by atomic mass is 9.91. The first-order valence-electron chi connectivity index (χ1n) is 17.9. The molecule has 5 aromatic rings. The summed E-state index contributed by atoms with van der Waals surface area (Å²) >= 11 is 0. The summed E-state index contributed by atoms with van der Waals surface area (Å²) in [6, 6.07) is 8.19. The predicted molar refractivity (Wildman–Crippen MR) is 191 cm³/mol. The van der Waals surface area contributed by atoms with Gasteiger partial charge in [0.15, 0.2) is 5.82 Å². The van der Waals surface area contributed by atoms with Crippen molar-refractivity contribution >= 4 is 38.4 Å². The van der Waals surface area contributed by atoms with Crippen LogP contribution in [0.15, 0.2) is 30.5 Å². The molecular formula is C39H37F3N8O2. The Morgan fingerprint density at radius 3 is 2.67 bits per heavy atom. The molecule has 0 saturated carbocycles. The Morgan fingerprint density at radius 1 is 1.10 bits per heavy atom. The molecule has 10 nitrogen and oxygen atoms in total. The standard InChI is InChI=1S/C39H37F3N8O2/c1-3-27-30(41)9-6-22-14-26(51)15-28(31(22)27)32-34(42)36-33(29-20-47(2)46-35(29)32)37(48-18-24-7-8-25(19-48)50(24)13-5-11-43)45-38(44-36)52-21-39-10-4-12-49(39)17-23(40)16-39/h1,6,9,14-15,20,23-25,51H,4-5,7-8,10,12-13,16-19,21H2,2H3/t23-,24?,25?,39+/m1/s1. The topological polar surface area (TPSA) is 107 Å². The lowest BCUT2D eigenvalue weighted by Gasteiger charge is -2.41. The molecule has 4 aliphatic heterocycles. The number of hydrogen-bond acceptors (Lipinski definition) is 9. The molecule has 2 aromatic heterocycles. The molecule has 0 aliphatic carbocycles. The molecule has 52 heavy (non-hydrogen) atoms. The zero-order chi connectivity index (χ0) is 35.9. The number of phenols is 1. The van der Waals surface area contributed by atoms with Crippen LogP contribution in [-0.4, -0.2) is 97.8 Å². The van der Waals surface area contributed by atoms with E-state index in [9.17, 15) is 14.8 Å². The average Bonchev–Trinajstić information content (AvgIpc) is 3.84. The molecule has 13 heteroatoms. The Kier molecular flexibility index (Phi) is 7.72. The highest BCUT2D eigenvalue weighted by molar-refractivity contribution is 6.18. The van der Waals surface area contributed by atoms with Gasteiger partial charge in [-0.3, -0.25) is 14.5 Å². The van der Waals surface area contributed by atoms with Crippen molar-refractivity contribution in [2.75, 3.05) is 44.2 Å². The van der Waals surface area contributed by atoms with Crippen molar-refractivity contribution in [1.82, 2.24) is 29.5 Å². The average molecular weight is 707 g/mol. The van der Waals surface area contributed by atoms with Crippen molar-refractivity contribution in [3.8, 4) is 41.3 Å². The number of alkyl halides is 1. The molecule has 0 spiro atoms. The van der Waals surface area contributed by atoms with Crippen LogP contribution in [-0.2, 0) is 7.05 Å². The molecule has 6 heterocycles. The van der Waals surface area contributed by atoms with Gasteiger partial charge in [-0.2, -0.15) is 20.3 Å². The van der Waals surface area contributed by atoms with E-state index in [1.54, 1.807) is 17.9 Å². The highest BCUT2D eigenvalue weighted by atomic mass is 19.1. The van der Waals surface area contributed by atoms with Crippen LogP contribution < -0.4 is 9.64 Å². The number of fused-ring (bicyclic) bond motifs is 7. The molecule has 2 bridgehead atoms. The van der Waals surface area contributed by atoms with E-state index in [0.717, 1.165) is 32.2 Å². The third-order valence-electron chi connectivity index (χ3n) is 11.7. The molecule has 0 radical (unpaired) electrons. The molecule has 4 saturated heterocycles. The van der Waals surface area contributed by atoms with Crippen LogP contribution >= 0.6 is 0 Å². The van der Waals surface area contributed by atoms with Crippen molar-refractivity contribution in [2.24, 2.45) is 7.05 Å². The van der Waals surface area contributed by atoms with Crippen LogP contribution in [0.3, 0.4) is 0 Å². The summed E-state index contributed by atoms with van der Waals surface area (Å²) in [6.45, 7) is 3.24. The van der Waals surface area contributed by atoms with Crippen molar-refractivity contribution in [3.63, 3.8) is 0 Å². The summed E-state index contributed by atoms with van der Waals surface area (Å²) in [5.74, 6) is 1.39. The largest absolute Gasteiger partial charge is 0.508 e. The first kappa shape index (κ1) is 32.8. The van der Waals surface area contributed by atoms with E-state index < -0.39 is 23.3 Å². The number of nitriles is 1. The summed E-state index contributed by atoms with van der Waals surface area (Å²) < 4.78 is 55.5. The van der Waals surface area contributed by atoms with Crippen LogP contribution in [0, 0.1) is 35.3 Å². The Bertz CT molecular complexity index is 2350. The van der Waals surface area contributed by atoms with Crippen molar-refractivity contribution < 1.29 is 23.0 Å². The fraction of sp³-hybridized carbons (Fsp3) is 0.436. The second kappa shape index (κ2) is 12.2. The van der Waals surface area contributed by atoms with E-state index in [1.165, 1.54) is 24.3 Å². The monoisotopic (exact) mass is 706 g/mol. The van der Waals surface area contributed by atoms with Crippen LogP contribution in [0.5, 0.6) is 11.8 Å². The molecular weight excluding hydrogens is 669 g/mol. The molecule has 9 rings (SSSR count). The molecule has 266 valence electrons. The molecule has 4 atom stereocenters. The number of halogens is 3. The van der Waals surface area contributed by atoms with Gasteiger partial charge in [-0.25, -0.2) is 13.2 Å². The maximum absolute atomic E-state index is 17.7. The third-order valence-corrected chi connectivity index (χ3v) is 11.7. The van der Waals surface area contributed by atoms with Crippen molar-refractivity contribution in [1.29, 1.82) is 5.26 Å². The van der Waals surface area contributed by atoms with Gasteiger partial charge in [0.25, 0.3) is 0 Å². The van der Waals surface area contributed by atoms with Gasteiger partial charge in [0, 0.05) is 80.7 Å². The summed E-state index contributed by atoms with van der Waals surface area (Å²) in [5, 5.41) is 26.6. The SMILES string of the molecule is C#Cc1c(F)ccc2cc(O)cc(-c3c(F)c4nc(OC[C@@]56CCCN5C[C@H](F)C6)nc(N5CC6CCC(C5)N6CCC#N)c4c4cn(C)nc34)c12. The van der Waals surface area contributed by atoms with Crippen LogP contribution in [0.1, 0.15) is 44.1 Å². The van der Waals surface area contributed by atoms with Gasteiger partial charge in [0.1, 0.15) is 41.2 Å². The maximum Gasteiger partial charge on any atom is 0.319 e. The van der Waals surface area contributed by atoms with Crippen LogP contribution in [0.2, 0.25) is 0 Å². The second-order valence-corrected chi connectivity index (χ2v) is 14.8. The highest BCUT2D eigenvalue weighted by Gasteiger charge is 2.49. The quantitative estimate of drug-likeness (QED) is 0.210. The molecule has 1 N–H and O–H groups in total. The number of phenolic OH excluding ortho intramolecular Hbond substituents is 1. The van der Waals surface area contributed by atoms with E-state index in [-0.39, 0.29) is 63.6 Å². The van der Waals surface area contributed by atoms with Crippen LogP contribution in [0.25, 0.3) is 43.7 Å². The van der Waals surface area contributed by atoms with Gasteiger partial charge < -0.3 is 14.7 Å². The fourth-order valence-electron chi connectivity index (χ4n) is 9.57. The summed E-state index contributed by atoms with van der Waals surface area (Å²) in [5.41, 5.74) is -0.0770. The van der Waals surface area contributed by atoms with Crippen molar-refractivity contribution in [3.05, 3.63) is 47.7 Å². The second-order valence-electron chi connectivity index (χ2n) is 14.8. The van der Waals surface area contributed by atoms with E-state index in [4.69, 9.17) is 26.2 Å². The number of aromatic hydroxyl groups is 1. The predicted octanol–water partition coefficient (Wildman–Crippen LogP) is 5.82. The Morgan fingerprint density at radius 2 is 1.90 bits per heavy atom. The van der Waals surface area contributed by atoms with Gasteiger partial charge in [0.05, 0.1) is 22.6 Å². The highest BCUT2D eigenvalue weighted by Crippen LogP contribution is 2.46. The number of benzene rings is 3. The summed E-state index contributed by atoms with van der Waals surface area (Å²) in [4.78, 5) is 16.4. The van der Waals surface area contributed by atoms with E-state index in [1.807, 2.05) is 0 Å². The van der Waals surface area contributed by atoms with E-state index in [2.05, 4.69) is 26.7 Å². The smallest absolute Gasteiger partial charge is 0.319 e. The van der Waals surface area contributed by atoms with Crippen LogP contribution in [0.4, 0.5) is 19.0 Å². The minimum atomic E-state index is -0.946. The van der Waals surface area contributed by atoms with Gasteiger partial charge in [0.2, 0.25) is 0 Å². The van der Waals surface area contributed by atoms with Gasteiger partial charge in [-0.05, 0) is 61.4 Å². The van der Waals surface area contributed by atoms with E-state index >= 15 is 8.78 Å². The number of aromatic nitrogens is 4. The summed E-state index contributed by atoms with van der Waals surface area (Å²) in [6.07, 6.45) is 11.1. The number of nitrogens with zero attached hydrogens (tertiary/aromatic N) is 8. The Labute approximate surface area is 298 Å². The minimum Gasteiger partial charge on any atom is -0.508 e. The number of aryl methyl sites for hydroxylation is 1. The first-order valence-corrected chi connectivity index (χ1v) is 17.9. The molecule has 4 aliphatic rings. The Hall–Kier alpha value is -5.11. The number of anilines is 1. The third kappa shape index (κ3) is 5.05. The fourth-order valence-corrected chi connectivity index (χ4v) is 9.57. The van der Waals surface area contributed by atoms with Gasteiger partial charge in [-0.15, -0.1) is 6.42 Å². The number of terminal acetylenes is 1. The zero-order valence-corrected chi connectivity index (χ0v) is 28.7. The first-order chi connectivity index (χ1) is 25.2. The minimum absolute atomic E-state index is 0.0134. The number of ether oxygens (including phenoxy) is 1. The van der Waals surface area contributed by atoms with Gasteiger partial charge in [-0.1, -0.05) is 12.0 Å². The molecule has 4 fully saturated rings. The molecule has 0 amide bonds. The lowest BCUT2D eigenvalue weighted by molar-refractivity contribution is 0.107.